The fourth-order valence-electron chi connectivity index (χ4n) is 2.71. The van der Waals surface area contributed by atoms with E-state index in [2.05, 4.69) is 4.90 Å². The molecule has 2 saturated heterocycles. The van der Waals surface area contributed by atoms with Crippen molar-refractivity contribution in [2.45, 2.75) is 38.3 Å². The van der Waals surface area contributed by atoms with Gasteiger partial charge in [0.15, 0.2) is 0 Å². The summed E-state index contributed by atoms with van der Waals surface area (Å²) in [5.74, 6) is 0.222. The molecule has 0 aromatic heterocycles. The molecule has 1 amide bonds. The van der Waals surface area contributed by atoms with Gasteiger partial charge < -0.3 is 15.4 Å². The predicted molar refractivity (Wildman–Crippen MR) is 70.3 cm³/mol. The van der Waals surface area contributed by atoms with Gasteiger partial charge in [0.1, 0.15) is 0 Å². The first kappa shape index (κ1) is 13.8. The Morgan fingerprint density at radius 2 is 2.11 bits per heavy atom. The lowest BCUT2D eigenvalue weighted by Crippen LogP contribution is -2.45. The lowest BCUT2D eigenvalue weighted by molar-refractivity contribution is -0.130. The SMILES string of the molecule is CCC(N)CC(=O)N1CCC(N2CCOCC2)C1. The third-order valence-electron chi connectivity index (χ3n) is 4.04. The van der Waals surface area contributed by atoms with Crippen LogP contribution in [0.15, 0.2) is 0 Å². The Kier molecular flexibility index (Phi) is 4.97. The van der Waals surface area contributed by atoms with Crippen LogP contribution in [0.4, 0.5) is 0 Å². The summed E-state index contributed by atoms with van der Waals surface area (Å²) in [5, 5.41) is 0. The summed E-state index contributed by atoms with van der Waals surface area (Å²) in [7, 11) is 0. The highest BCUT2D eigenvalue weighted by atomic mass is 16.5. The number of ether oxygens (including phenoxy) is 1. The van der Waals surface area contributed by atoms with Crippen LogP contribution in [0.2, 0.25) is 0 Å². The van der Waals surface area contributed by atoms with E-state index < -0.39 is 0 Å². The molecule has 2 aliphatic rings. The van der Waals surface area contributed by atoms with Crippen molar-refractivity contribution in [3.8, 4) is 0 Å². The summed E-state index contributed by atoms with van der Waals surface area (Å²) in [5.41, 5.74) is 5.84. The zero-order valence-corrected chi connectivity index (χ0v) is 11.3. The minimum atomic E-state index is 0.0138. The van der Waals surface area contributed by atoms with Crippen LogP contribution in [0.5, 0.6) is 0 Å². The number of hydrogen-bond donors (Lipinski definition) is 1. The Morgan fingerprint density at radius 3 is 2.78 bits per heavy atom. The lowest BCUT2D eigenvalue weighted by Gasteiger charge is -2.32. The summed E-state index contributed by atoms with van der Waals surface area (Å²) in [4.78, 5) is 16.5. The Balaban J connectivity index is 1.78. The van der Waals surface area contributed by atoms with Crippen molar-refractivity contribution in [1.82, 2.24) is 9.80 Å². The molecule has 2 rings (SSSR count). The number of nitrogens with two attached hydrogens (primary N) is 1. The molecular formula is C13H25N3O2. The van der Waals surface area contributed by atoms with E-state index in [4.69, 9.17) is 10.5 Å². The highest BCUT2D eigenvalue weighted by Gasteiger charge is 2.31. The molecule has 18 heavy (non-hydrogen) atoms. The smallest absolute Gasteiger partial charge is 0.224 e. The van der Waals surface area contributed by atoms with E-state index in [1.54, 1.807) is 0 Å². The van der Waals surface area contributed by atoms with Crippen LogP contribution in [0.25, 0.3) is 0 Å². The zero-order valence-electron chi connectivity index (χ0n) is 11.3. The second kappa shape index (κ2) is 6.50. The molecule has 2 fully saturated rings. The van der Waals surface area contributed by atoms with E-state index in [0.717, 1.165) is 52.2 Å². The van der Waals surface area contributed by atoms with Crippen molar-refractivity contribution in [3.05, 3.63) is 0 Å². The Hall–Kier alpha value is -0.650. The lowest BCUT2D eigenvalue weighted by atomic mass is 10.1. The van der Waals surface area contributed by atoms with Gasteiger partial charge in [-0.25, -0.2) is 0 Å². The molecule has 2 heterocycles. The standard InChI is InChI=1S/C13H25N3O2/c1-2-11(14)9-13(17)16-4-3-12(10-16)15-5-7-18-8-6-15/h11-12H,2-10,14H2,1H3. The Bertz CT molecular complexity index is 279. The number of morpholine rings is 1. The Labute approximate surface area is 109 Å². The third-order valence-corrected chi connectivity index (χ3v) is 4.04. The number of likely N-dealkylation sites (tertiary alicyclic amines) is 1. The molecule has 0 aromatic rings. The molecule has 104 valence electrons. The van der Waals surface area contributed by atoms with Crippen LogP contribution in [-0.4, -0.2) is 67.2 Å². The first-order chi connectivity index (χ1) is 8.70. The maximum absolute atomic E-state index is 12.0. The van der Waals surface area contributed by atoms with Gasteiger partial charge in [-0.2, -0.15) is 0 Å². The molecule has 0 bridgehead atoms. The molecule has 2 N–H and O–H groups in total. The van der Waals surface area contributed by atoms with Crippen LogP contribution >= 0.6 is 0 Å². The second-order valence-corrected chi connectivity index (χ2v) is 5.30. The fourth-order valence-corrected chi connectivity index (χ4v) is 2.71. The van der Waals surface area contributed by atoms with Gasteiger partial charge in [0.05, 0.1) is 13.2 Å². The fraction of sp³-hybridized carbons (Fsp3) is 0.923. The van der Waals surface area contributed by atoms with Crippen molar-refractivity contribution in [3.63, 3.8) is 0 Å². The predicted octanol–water partition coefficient (Wildman–Crippen LogP) is 0.0469. The first-order valence-corrected chi connectivity index (χ1v) is 7.06. The van der Waals surface area contributed by atoms with Crippen molar-refractivity contribution in [2.75, 3.05) is 39.4 Å². The van der Waals surface area contributed by atoms with Crippen molar-refractivity contribution in [2.24, 2.45) is 5.73 Å². The van der Waals surface area contributed by atoms with Crippen molar-refractivity contribution < 1.29 is 9.53 Å². The quantitative estimate of drug-likeness (QED) is 0.771. The van der Waals surface area contributed by atoms with Gasteiger partial charge in [-0.05, 0) is 12.8 Å². The van der Waals surface area contributed by atoms with Gasteiger partial charge in [0, 0.05) is 44.7 Å². The van der Waals surface area contributed by atoms with Gasteiger partial charge in [0.2, 0.25) is 5.91 Å². The van der Waals surface area contributed by atoms with E-state index in [1.165, 1.54) is 0 Å². The van der Waals surface area contributed by atoms with Crippen LogP contribution < -0.4 is 5.73 Å². The normalized spacial score (nSPS) is 27.4. The number of carbonyl (C=O) groups is 1. The van der Waals surface area contributed by atoms with E-state index in [9.17, 15) is 4.79 Å². The van der Waals surface area contributed by atoms with E-state index in [0.29, 0.717) is 12.5 Å². The number of hydrogen-bond acceptors (Lipinski definition) is 4. The second-order valence-electron chi connectivity index (χ2n) is 5.30. The monoisotopic (exact) mass is 255 g/mol. The van der Waals surface area contributed by atoms with Gasteiger partial charge in [-0.3, -0.25) is 9.69 Å². The summed E-state index contributed by atoms with van der Waals surface area (Å²) in [6.07, 6.45) is 2.45. The molecule has 0 saturated carbocycles. The first-order valence-electron chi connectivity index (χ1n) is 7.06. The molecular weight excluding hydrogens is 230 g/mol. The average molecular weight is 255 g/mol. The molecule has 0 radical (unpaired) electrons. The number of nitrogens with zero attached hydrogens (tertiary/aromatic N) is 2. The van der Waals surface area contributed by atoms with Gasteiger partial charge in [-0.1, -0.05) is 6.92 Å². The highest BCUT2D eigenvalue weighted by molar-refractivity contribution is 5.77. The van der Waals surface area contributed by atoms with Gasteiger partial charge >= 0.3 is 0 Å². The van der Waals surface area contributed by atoms with Gasteiger partial charge in [-0.15, -0.1) is 0 Å². The van der Waals surface area contributed by atoms with Crippen molar-refractivity contribution >= 4 is 5.91 Å². The molecule has 0 aromatic carbocycles. The number of amides is 1. The molecule has 0 spiro atoms. The topological polar surface area (TPSA) is 58.8 Å². The summed E-state index contributed by atoms with van der Waals surface area (Å²) < 4.78 is 5.36. The third kappa shape index (κ3) is 3.43. The summed E-state index contributed by atoms with van der Waals surface area (Å²) in [6.45, 7) is 7.43. The van der Waals surface area contributed by atoms with Crippen LogP contribution in [0, 0.1) is 0 Å². The maximum atomic E-state index is 12.0. The minimum absolute atomic E-state index is 0.0138. The van der Waals surface area contributed by atoms with Crippen LogP contribution in [0.3, 0.4) is 0 Å². The van der Waals surface area contributed by atoms with E-state index in [1.807, 2.05) is 11.8 Å². The minimum Gasteiger partial charge on any atom is -0.379 e. The van der Waals surface area contributed by atoms with E-state index >= 15 is 0 Å². The Morgan fingerprint density at radius 1 is 1.39 bits per heavy atom. The maximum Gasteiger partial charge on any atom is 0.224 e. The molecule has 5 nitrogen and oxygen atoms in total. The van der Waals surface area contributed by atoms with E-state index in [-0.39, 0.29) is 11.9 Å². The molecule has 2 aliphatic heterocycles. The van der Waals surface area contributed by atoms with Crippen molar-refractivity contribution in [1.29, 1.82) is 0 Å². The summed E-state index contributed by atoms with van der Waals surface area (Å²) in [6, 6.07) is 0.538. The largest absolute Gasteiger partial charge is 0.379 e. The highest BCUT2D eigenvalue weighted by Crippen LogP contribution is 2.18. The molecule has 5 heteroatoms. The summed E-state index contributed by atoms with van der Waals surface area (Å²) >= 11 is 0. The molecule has 0 aliphatic carbocycles. The van der Waals surface area contributed by atoms with Crippen LogP contribution in [-0.2, 0) is 9.53 Å². The average Bonchev–Trinajstić information content (AvgIpc) is 2.89. The zero-order chi connectivity index (χ0) is 13.0. The number of carbonyl (C=O) groups excluding carboxylic acids is 1. The van der Waals surface area contributed by atoms with Crippen LogP contribution in [0.1, 0.15) is 26.2 Å². The number of rotatable bonds is 4. The molecule has 2 unspecified atom stereocenters. The van der Waals surface area contributed by atoms with Gasteiger partial charge in [0.25, 0.3) is 0 Å². The molecule has 2 atom stereocenters.